The lowest BCUT2D eigenvalue weighted by Crippen LogP contribution is -2.26. The summed E-state index contributed by atoms with van der Waals surface area (Å²) in [7, 11) is 1.53. The molecule has 0 saturated heterocycles. The fourth-order valence-corrected chi connectivity index (χ4v) is 1.65. The molecule has 5 nitrogen and oxygen atoms in total. The van der Waals surface area contributed by atoms with Crippen molar-refractivity contribution in [2.24, 2.45) is 5.92 Å². The Hall–Kier alpha value is -1.27. The Balaban J connectivity index is 2.83. The summed E-state index contributed by atoms with van der Waals surface area (Å²) in [6.07, 6.45) is 0. The largest absolute Gasteiger partial charge is 0.493 e. The van der Waals surface area contributed by atoms with Crippen molar-refractivity contribution in [1.82, 2.24) is 0 Å². The van der Waals surface area contributed by atoms with E-state index in [1.54, 1.807) is 18.2 Å². The molecular formula is C14H20BrNO4. The molecule has 1 rings (SSSR count). The van der Waals surface area contributed by atoms with Crippen LogP contribution in [0.15, 0.2) is 18.2 Å². The van der Waals surface area contributed by atoms with E-state index < -0.39 is 0 Å². The fourth-order valence-electron chi connectivity index (χ4n) is 1.54. The number of alkyl halides is 1. The number of hydrogen-bond acceptors (Lipinski definition) is 4. The van der Waals surface area contributed by atoms with Gasteiger partial charge in [-0.3, -0.25) is 4.79 Å². The lowest BCUT2D eigenvalue weighted by Gasteiger charge is -2.15. The van der Waals surface area contributed by atoms with Crippen molar-refractivity contribution in [3.8, 4) is 11.5 Å². The summed E-state index contributed by atoms with van der Waals surface area (Å²) >= 11 is 3.35. The molecule has 0 saturated carbocycles. The first-order chi connectivity index (χ1) is 9.49. The molecular weight excluding hydrogens is 326 g/mol. The molecule has 1 aromatic rings. The molecule has 0 aliphatic rings. The summed E-state index contributed by atoms with van der Waals surface area (Å²) < 4.78 is 10.5. The van der Waals surface area contributed by atoms with E-state index in [-0.39, 0.29) is 29.9 Å². The Morgan fingerprint density at radius 1 is 1.40 bits per heavy atom. The zero-order chi connectivity index (χ0) is 15.1. The number of anilines is 1. The van der Waals surface area contributed by atoms with Gasteiger partial charge in [0.25, 0.3) is 0 Å². The summed E-state index contributed by atoms with van der Waals surface area (Å²) in [4.78, 5) is 11.7. The van der Waals surface area contributed by atoms with Crippen LogP contribution in [-0.4, -0.2) is 36.2 Å². The number of halogens is 1. The van der Waals surface area contributed by atoms with Crippen molar-refractivity contribution in [3.63, 3.8) is 0 Å². The zero-order valence-corrected chi connectivity index (χ0v) is 13.4. The Labute approximate surface area is 127 Å². The number of carbonyl (C=O) groups is 1. The van der Waals surface area contributed by atoms with E-state index in [2.05, 4.69) is 21.2 Å². The van der Waals surface area contributed by atoms with Crippen molar-refractivity contribution in [3.05, 3.63) is 18.2 Å². The van der Waals surface area contributed by atoms with E-state index in [1.807, 2.05) is 13.8 Å². The van der Waals surface area contributed by atoms with E-state index in [0.717, 1.165) is 0 Å². The average Bonchev–Trinajstić information content (AvgIpc) is 2.44. The molecule has 1 unspecified atom stereocenters. The first kappa shape index (κ1) is 16.8. The first-order valence-electron chi connectivity index (χ1n) is 6.36. The first-order valence-corrected chi connectivity index (χ1v) is 7.27. The summed E-state index contributed by atoms with van der Waals surface area (Å²) in [5.41, 5.74) is 0.619. The number of aliphatic hydroxyl groups is 1. The molecule has 0 spiro atoms. The predicted molar refractivity (Wildman–Crippen MR) is 81.8 cm³/mol. The number of aliphatic hydroxyl groups excluding tert-OH is 1. The van der Waals surface area contributed by atoms with E-state index >= 15 is 0 Å². The quantitative estimate of drug-likeness (QED) is 0.744. The monoisotopic (exact) mass is 345 g/mol. The Kier molecular flexibility index (Phi) is 6.81. The predicted octanol–water partition coefficient (Wildman–Crippen LogP) is 2.42. The number of rotatable bonds is 7. The number of benzene rings is 1. The molecule has 0 aromatic heterocycles. The van der Waals surface area contributed by atoms with Crippen LogP contribution in [0.1, 0.15) is 13.8 Å². The van der Waals surface area contributed by atoms with Crippen molar-refractivity contribution in [2.75, 3.05) is 25.6 Å². The van der Waals surface area contributed by atoms with Gasteiger partial charge in [-0.15, -0.1) is 0 Å². The highest BCUT2D eigenvalue weighted by atomic mass is 79.9. The SMILES string of the molecule is COc1ccc(NC(=O)C(Br)C(C)C)cc1OCCO. The minimum Gasteiger partial charge on any atom is -0.493 e. The minimum absolute atomic E-state index is 0.0867. The van der Waals surface area contributed by atoms with Crippen LogP contribution in [0.25, 0.3) is 0 Å². The second kappa shape index (κ2) is 8.11. The standard InChI is InChI=1S/C14H20BrNO4/c1-9(2)13(15)14(18)16-10-4-5-11(19-3)12(8-10)20-7-6-17/h4-5,8-9,13,17H,6-7H2,1-3H3,(H,16,18). The van der Waals surface area contributed by atoms with E-state index in [1.165, 1.54) is 7.11 Å². The normalized spacial score (nSPS) is 12.1. The third-order valence-corrected chi connectivity index (χ3v) is 4.09. The molecule has 0 radical (unpaired) electrons. The highest BCUT2D eigenvalue weighted by molar-refractivity contribution is 9.10. The second-order valence-electron chi connectivity index (χ2n) is 4.57. The van der Waals surface area contributed by atoms with Crippen LogP contribution in [0, 0.1) is 5.92 Å². The molecule has 112 valence electrons. The maximum atomic E-state index is 12.0. The number of hydrogen-bond donors (Lipinski definition) is 2. The Bertz CT molecular complexity index is 451. The third kappa shape index (κ3) is 4.68. The molecule has 0 heterocycles. The molecule has 6 heteroatoms. The smallest absolute Gasteiger partial charge is 0.238 e. The number of ether oxygens (including phenoxy) is 2. The van der Waals surface area contributed by atoms with Gasteiger partial charge in [-0.25, -0.2) is 0 Å². The van der Waals surface area contributed by atoms with Gasteiger partial charge in [0, 0.05) is 11.8 Å². The number of carbonyl (C=O) groups excluding carboxylic acids is 1. The van der Waals surface area contributed by atoms with Crippen molar-refractivity contribution in [1.29, 1.82) is 0 Å². The fraction of sp³-hybridized carbons (Fsp3) is 0.500. The highest BCUT2D eigenvalue weighted by Crippen LogP contribution is 2.30. The molecule has 1 atom stereocenters. The maximum Gasteiger partial charge on any atom is 0.238 e. The average molecular weight is 346 g/mol. The van der Waals surface area contributed by atoms with Crippen molar-refractivity contribution >= 4 is 27.5 Å². The van der Waals surface area contributed by atoms with Gasteiger partial charge in [-0.2, -0.15) is 0 Å². The van der Waals surface area contributed by atoms with Gasteiger partial charge in [0.15, 0.2) is 11.5 Å². The number of nitrogens with one attached hydrogen (secondary N) is 1. The molecule has 1 amide bonds. The zero-order valence-electron chi connectivity index (χ0n) is 11.9. The Morgan fingerprint density at radius 3 is 2.65 bits per heavy atom. The summed E-state index contributed by atoms with van der Waals surface area (Å²) in [5, 5.41) is 11.6. The van der Waals surface area contributed by atoms with E-state index in [9.17, 15) is 4.79 Å². The van der Waals surface area contributed by atoms with Crippen LogP contribution in [0.3, 0.4) is 0 Å². The van der Waals surface area contributed by atoms with Gasteiger partial charge >= 0.3 is 0 Å². The maximum absolute atomic E-state index is 12.0. The van der Waals surface area contributed by atoms with Crippen LogP contribution < -0.4 is 14.8 Å². The lowest BCUT2D eigenvalue weighted by molar-refractivity contribution is -0.116. The number of methoxy groups -OCH3 is 1. The third-order valence-electron chi connectivity index (χ3n) is 2.62. The second-order valence-corrected chi connectivity index (χ2v) is 5.56. The van der Waals surface area contributed by atoms with Crippen molar-refractivity contribution < 1.29 is 19.4 Å². The molecule has 2 N–H and O–H groups in total. The van der Waals surface area contributed by atoms with Gasteiger partial charge in [-0.1, -0.05) is 29.8 Å². The molecule has 0 bridgehead atoms. The van der Waals surface area contributed by atoms with Crippen LogP contribution in [0.2, 0.25) is 0 Å². The summed E-state index contributed by atoms with van der Waals surface area (Å²) in [5.74, 6) is 1.11. The van der Waals surface area contributed by atoms with Gasteiger partial charge in [0.05, 0.1) is 18.5 Å². The van der Waals surface area contributed by atoms with Crippen LogP contribution in [0.4, 0.5) is 5.69 Å². The van der Waals surface area contributed by atoms with Gasteiger partial charge in [0.1, 0.15) is 6.61 Å². The van der Waals surface area contributed by atoms with Crippen LogP contribution in [0.5, 0.6) is 11.5 Å². The summed E-state index contributed by atoms with van der Waals surface area (Å²) in [6.45, 7) is 4.00. The Morgan fingerprint density at radius 2 is 2.10 bits per heavy atom. The summed E-state index contributed by atoms with van der Waals surface area (Å²) in [6, 6.07) is 5.12. The van der Waals surface area contributed by atoms with Gasteiger partial charge < -0.3 is 19.9 Å². The van der Waals surface area contributed by atoms with Gasteiger partial charge in [0.2, 0.25) is 5.91 Å². The van der Waals surface area contributed by atoms with Crippen LogP contribution >= 0.6 is 15.9 Å². The van der Waals surface area contributed by atoms with Gasteiger partial charge in [-0.05, 0) is 18.1 Å². The van der Waals surface area contributed by atoms with E-state index in [4.69, 9.17) is 14.6 Å². The molecule has 1 aromatic carbocycles. The van der Waals surface area contributed by atoms with E-state index in [0.29, 0.717) is 17.2 Å². The number of amides is 1. The molecule has 20 heavy (non-hydrogen) atoms. The molecule has 0 aliphatic carbocycles. The van der Waals surface area contributed by atoms with Crippen molar-refractivity contribution in [2.45, 2.75) is 18.7 Å². The lowest BCUT2D eigenvalue weighted by atomic mass is 10.1. The topological polar surface area (TPSA) is 67.8 Å². The highest BCUT2D eigenvalue weighted by Gasteiger charge is 2.19. The molecule has 0 fully saturated rings. The molecule has 0 aliphatic heterocycles. The minimum atomic E-state index is -0.258. The van der Waals surface area contributed by atoms with Crippen LogP contribution in [-0.2, 0) is 4.79 Å².